The maximum absolute atomic E-state index is 10.3. The molecule has 0 rings (SSSR count). The fourth-order valence-electron chi connectivity index (χ4n) is 0.389. The second-order valence-corrected chi connectivity index (χ2v) is 6.62. The summed E-state index contributed by atoms with van der Waals surface area (Å²) in [5.74, 6) is -0.764. The lowest BCUT2D eigenvalue weighted by molar-refractivity contribution is 0.611. The summed E-state index contributed by atoms with van der Waals surface area (Å²) in [6.07, 6.45) is 1.77. The topological polar surface area (TPSA) is 68.3 Å². The average molecular weight is 170 g/mol. The first-order chi connectivity index (χ1) is 3.71. The van der Waals surface area contributed by atoms with E-state index in [0.29, 0.717) is 0 Å². The molecular formula is C2H7BO4S2. The van der Waals surface area contributed by atoms with Crippen LogP contribution in [0, 0.1) is 0 Å². The van der Waals surface area contributed by atoms with Crippen molar-refractivity contribution in [1.82, 2.24) is 0 Å². The Labute approximate surface area is 55.1 Å². The van der Waals surface area contributed by atoms with Crippen molar-refractivity contribution in [1.29, 1.82) is 0 Å². The van der Waals surface area contributed by atoms with Gasteiger partial charge < -0.3 is 0 Å². The van der Waals surface area contributed by atoms with Gasteiger partial charge in [0.05, 0.1) is 0 Å². The van der Waals surface area contributed by atoms with Crippen molar-refractivity contribution in [2.45, 2.75) is 0 Å². The lowest BCUT2D eigenvalue weighted by Gasteiger charge is -1.88. The molecule has 0 aromatic carbocycles. The fourth-order valence-corrected chi connectivity index (χ4v) is 3.50. The third-order valence-corrected chi connectivity index (χ3v) is 3.85. The van der Waals surface area contributed by atoms with Gasteiger partial charge in [-0.1, -0.05) is 0 Å². The molecule has 0 amide bonds. The van der Waals surface area contributed by atoms with E-state index < -0.39 is 25.2 Å². The molecular weight excluding hydrogens is 163 g/mol. The highest BCUT2D eigenvalue weighted by molar-refractivity contribution is 8.42. The normalized spacial score (nSPS) is 13.1. The zero-order valence-corrected chi connectivity index (χ0v) is 6.79. The molecule has 0 atom stereocenters. The Morgan fingerprint density at radius 2 is 1.11 bits per heavy atom. The lowest BCUT2D eigenvalue weighted by atomic mass is 10.7. The SMILES string of the molecule is CS(=O)(=O)BS(C)(=O)=O. The van der Waals surface area contributed by atoms with E-state index in [2.05, 4.69) is 0 Å². The average Bonchev–Trinajstić information content (AvgIpc) is 1.14. The standard InChI is InChI=1S/C2H7BO4S2/c1-8(4,5)3-9(2,6)7/h3H,1-2H3. The van der Waals surface area contributed by atoms with Crippen LogP contribution in [0.1, 0.15) is 0 Å². The summed E-state index contributed by atoms with van der Waals surface area (Å²) in [7, 11) is -6.74. The minimum atomic E-state index is -3.37. The van der Waals surface area contributed by atoms with Crippen LogP contribution < -0.4 is 0 Å². The molecule has 0 spiro atoms. The van der Waals surface area contributed by atoms with E-state index in [0.717, 1.165) is 12.5 Å². The van der Waals surface area contributed by atoms with Crippen LogP contribution in [-0.4, -0.2) is 35.2 Å². The van der Waals surface area contributed by atoms with Crippen LogP contribution in [0.25, 0.3) is 0 Å². The summed E-state index contributed by atoms with van der Waals surface area (Å²) in [4.78, 5) is 0. The molecule has 0 saturated heterocycles. The van der Waals surface area contributed by atoms with Crippen molar-refractivity contribution in [2.24, 2.45) is 0 Å². The van der Waals surface area contributed by atoms with E-state index in [-0.39, 0.29) is 0 Å². The van der Waals surface area contributed by atoms with Gasteiger partial charge in [0.25, 0.3) is 0 Å². The first-order valence-electron chi connectivity index (χ1n) is 2.06. The Bertz CT molecular complexity index is 242. The summed E-state index contributed by atoms with van der Waals surface area (Å²) in [5, 5.41) is 0. The summed E-state index contributed by atoms with van der Waals surface area (Å²) >= 11 is 0. The van der Waals surface area contributed by atoms with Crippen molar-refractivity contribution in [3.8, 4) is 0 Å². The van der Waals surface area contributed by atoms with Gasteiger partial charge in [-0.15, -0.1) is 0 Å². The Balaban J connectivity index is 4.46. The maximum Gasteiger partial charge on any atom is 0.415 e. The van der Waals surface area contributed by atoms with E-state index >= 15 is 0 Å². The minimum Gasteiger partial charge on any atom is -0.240 e. The molecule has 0 N–H and O–H groups in total. The molecule has 7 heteroatoms. The van der Waals surface area contributed by atoms with Crippen LogP contribution in [-0.2, 0) is 19.4 Å². The van der Waals surface area contributed by atoms with Gasteiger partial charge in [-0.05, 0) is 0 Å². The summed E-state index contributed by atoms with van der Waals surface area (Å²) in [5.41, 5.74) is 0. The summed E-state index contributed by atoms with van der Waals surface area (Å²) in [6, 6.07) is 0. The van der Waals surface area contributed by atoms with Gasteiger partial charge in [0, 0.05) is 12.5 Å². The highest BCUT2D eigenvalue weighted by atomic mass is 32.3. The van der Waals surface area contributed by atoms with Crippen molar-refractivity contribution in [2.75, 3.05) is 12.5 Å². The first-order valence-corrected chi connectivity index (χ1v) is 6.18. The lowest BCUT2D eigenvalue weighted by Crippen LogP contribution is -2.17. The minimum absolute atomic E-state index is 0.764. The predicted molar refractivity (Wildman–Crippen MR) is 36.8 cm³/mol. The van der Waals surface area contributed by atoms with Crippen molar-refractivity contribution >= 4 is 25.2 Å². The molecule has 0 aliphatic heterocycles. The molecule has 0 heterocycles. The van der Waals surface area contributed by atoms with Gasteiger partial charge in [-0.2, -0.15) is 0 Å². The fraction of sp³-hybridized carbons (Fsp3) is 1.00. The zero-order chi connectivity index (χ0) is 7.71. The second kappa shape index (κ2) is 2.30. The molecule has 0 radical (unpaired) electrons. The van der Waals surface area contributed by atoms with Gasteiger partial charge in [0.2, 0.25) is 0 Å². The van der Waals surface area contributed by atoms with E-state index in [9.17, 15) is 16.8 Å². The van der Waals surface area contributed by atoms with Gasteiger partial charge in [-0.25, -0.2) is 16.8 Å². The number of hydrogen-bond donors (Lipinski definition) is 0. The van der Waals surface area contributed by atoms with E-state index in [4.69, 9.17) is 0 Å². The van der Waals surface area contributed by atoms with Crippen molar-refractivity contribution < 1.29 is 16.8 Å². The van der Waals surface area contributed by atoms with Gasteiger partial charge in [0.15, 0.2) is 0 Å². The molecule has 0 fully saturated rings. The molecule has 0 unspecified atom stereocenters. The smallest absolute Gasteiger partial charge is 0.240 e. The Morgan fingerprint density at radius 1 is 0.889 bits per heavy atom. The molecule has 0 aliphatic carbocycles. The third-order valence-electron chi connectivity index (χ3n) is 0.428. The Hall–Kier alpha value is -0.0351. The molecule has 0 aliphatic rings. The third kappa shape index (κ3) is 7.96. The molecule has 4 nitrogen and oxygen atoms in total. The summed E-state index contributed by atoms with van der Waals surface area (Å²) in [6.45, 7) is 0. The van der Waals surface area contributed by atoms with Crippen LogP contribution >= 0.6 is 0 Å². The first kappa shape index (κ1) is 8.96. The highest BCUT2D eigenvalue weighted by Crippen LogP contribution is 1.85. The largest absolute Gasteiger partial charge is 0.415 e. The number of rotatable bonds is 2. The summed E-state index contributed by atoms with van der Waals surface area (Å²) < 4.78 is 41.1. The van der Waals surface area contributed by atoms with Crippen molar-refractivity contribution in [3.05, 3.63) is 0 Å². The van der Waals surface area contributed by atoms with Crippen LogP contribution in [0.3, 0.4) is 0 Å². The highest BCUT2D eigenvalue weighted by Gasteiger charge is 2.16. The zero-order valence-electron chi connectivity index (χ0n) is 5.16. The molecule has 54 valence electrons. The van der Waals surface area contributed by atoms with Gasteiger partial charge in [-0.3, -0.25) is 0 Å². The Morgan fingerprint density at radius 3 is 1.11 bits per heavy atom. The second-order valence-electron chi connectivity index (χ2n) is 1.97. The van der Waals surface area contributed by atoms with Gasteiger partial charge in [0.1, 0.15) is 19.4 Å². The molecule has 0 saturated carbocycles. The van der Waals surface area contributed by atoms with Gasteiger partial charge >= 0.3 is 5.84 Å². The van der Waals surface area contributed by atoms with E-state index in [1.54, 1.807) is 0 Å². The van der Waals surface area contributed by atoms with E-state index in [1.165, 1.54) is 0 Å². The molecule has 0 bridgehead atoms. The van der Waals surface area contributed by atoms with Crippen LogP contribution in [0.2, 0.25) is 0 Å². The van der Waals surface area contributed by atoms with Crippen molar-refractivity contribution in [3.63, 3.8) is 0 Å². The van der Waals surface area contributed by atoms with Crippen LogP contribution in [0.4, 0.5) is 0 Å². The molecule has 9 heavy (non-hydrogen) atoms. The quantitative estimate of drug-likeness (QED) is 0.465. The predicted octanol–water partition coefficient (Wildman–Crippen LogP) is -1.66. The van der Waals surface area contributed by atoms with Crippen LogP contribution in [0.15, 0.2) is 0 Å². The maximum atomic E-state index is 10.3. The van der Waals surface area contributed by atoms with Crippen LogP contribution in [0.5, 0.6) is 0 Å². The monoisotopic (exact) mass is 170 g/mol. The number of hydrogen-bond acceptors (Lipinski definition) is 4. The Kier molecular flexibility index (Phi) is 2.29. The molecule has 0 aromatic heterocycles. The van der Waals surface area contributed by atoms with E-state index in [1.807, 2.05) is 0 Å². The molecule has 0 aromatic rings.